The largest absolute Gasteiger partial charge is 0.324 e. The number of likely N-dealkylation sites (tertiary alicyclic amines) is 1. The number of carbonyl (C=O) groups is 1. The van der Waals surface area contributed by atoms with Crippen LogP contribution in [0.15, 0.2) is 0 Å². The fourth-order valence-electron chi connectivity index (χ4n) is 2.12. The monoisotopic (exact) mass is 292 g/mol. The molecule has 0 saturated carbocycles. The summed E-state index contributed by atoms with van der Waals surface area (Å²) in [7, 11) is 1.58. The van der Waals surface area contributed by atoms with Crippen LogP contribution in [0.4, 0.5) is 0 Å². The first kappa shape index (κ1) is 15.3. The van der Waals surface area contributed by atoms with Gasteiger partial charge in [0, 0.05) is 29.6 Å². The van der Waals surface area contributed by atoms with Gasteiger partial charge >= 0.3 is 0 Å². The van der Waals surface area contributed by atoms with Crippen molar-refractivity contribution in [1.29, 1.82) is 5.26 Å². The molecule has 102 valence electrons. The van der Waals surface area contributed by atoms with Crippen molar-refractivity contribution in [2.75, 3.05) is 12.3 Å². The number of hydrogen-bond donors (Lipinski definition) is 0. The number of hydrogen-bond acceptors (Lipinski definition) is 4. The molecule has 1 heterocycles. The van der Waals surface area contributed by atoms with Crippen molar-refractivity contribution in [1.82, 2.24) is 4.90 Å². The van der Waals surface area contributed by atoms with E-state index in [0.29, 0.717) is 0 Å². The highest BCUT2D eigenvalue weighted by atomic mass is 35.7. The lowest BCUT2D eigenvalue weighted by Crippen LogP contribution is -2.50. The van der Waals surface area contributed by atoms with Crippen molar-refractivity contribution in [3.8, 4) is 6.07 Å². The van der Waals surface area contributed by atoms with E-state index in [9.17, 15) is 18.5 Å². The summed E-state index contributed by atoms with van der Waals surface area (Å²) in [5.41, 5.74) is -0.901. The maximum Gasteiger partial charge on any atom is 0.232 e. The van der Waals surface area contributed by atoms with Crippen LogP contribution in [0.1, 0.15) is 27.2 Å². The van der Waals surface area contributed by atoms with E-state index in [1.165, 1.54) is 4.90 Å². The Morgan fingerprint density at radius 1 is 1.61 bits per heavy atom. The van der Waals surface area contributed by atoms with Crippen LogP contribution in [0.3, 0.4) is 0 Å². The van der Waals surface area contributed by atoms with Gasteiger partial charge in [-0.05, 0) is 12.8 Å². The third kappa shape index (κ3) is 3.15. The van der Waals surface area contributed by atoms with Crippen LogP contribution in [-0.4, -0.2) is 37.1 Å². The van der Waals surface area contributed by atoms with Crippen LogP contribution in [0, 0.1) is 23.2 Å². The molecule has 0 bridgehead atoms. The highest BCUT2D eigenvalue weighted by Crippen LogP contribution is 2.32. The van der Waals surface area contributed by atoms with Crippen LogP contribution in [0.2, 0.25) is 0 Å². The first-order chi connectivity index (χ1) is 8.10. The molecule has 0 aliphatic carbocycles. The van der Waals surface area contributed by atoms with Gasteiger partial charge in [0.1, 0.15) is 5.54 Å². The predicted molar refractivity (Wildman–Crippen MR) is 68.3 cm³/mol. The molecule has 0 spiro atoms. The summed E-state index contributed by atoms with van der Waals surface area (Å²) >= 11 is 0. The molecule has 1 aliphatic rings. The van der Waals surface area contributed by atoms with Crippen molar-refractivity contribution in [3.05, 3.63) is 0 Å². The minimum Gasteiger partial charge on any atom is -0.324 e. The van der Waals surface area contributed by atoms with Gasteiger partial charge in [-0.2, -0.15) is 5.26 Å². The standard InChI is InChI=1S/C11H17ClN2O3S/c1-8(2)11(3,7-13)14-5-9(4-10(14)15)6-18(12,16)17/h8-9H,4-6H2,1-3H3. The van der Waals surface area contributed by atoms with Crippen LogP contribution in [0.5, 0.6) is 0 Å². The van der Waals surface area contributed by atoms with Crippen molar-refractivity contribution >= 4 is 25.6 Å². The lowest BCUT2D eigenvalue weighted by Gasteiger charge is -2.36. The summed E-state index contributed by atoms with van der Waals surface area (Å²) in [4.78, 5) is 13.4. The third-order valence-corrected chi connectivity index (χ3v) is 4.80. The van der Waals surface area contributed by atoms with E-state index in [1.54, 1.807) is 6.92 Å². The quantitative estimate of drug-likeness (QED) is 0.733. The Hall–Kier alpha value is -0.800. The summed E-state index contributed by atoms with van der Waals surface area (Å²) < 4.78 is 22.0. The highest BCUT2D eigenvalue weighted by molar-refractivity contribution is 8.13. The maximum absolute atomic E-state index is 11.9. The smallest absolute Gasteiger partial charge is 0.232 e. The molecule has 1 rings (SSSR count). The van der Waals surface area contributed by atoms with Gasteiger partial charge in [0.15, 0.2) is 0 Å². The molecule has 0 aromatic heterocycles. The van der Waals surface area contributed by atoms with Crippen molar-refractivity contribution < 1.29 is 13.2 Å². The van der Waals surface area contributed by atoms with Gasteiger partial charge in [-0.25, -0.2) is 8.42 Å². The molecule has 2 unspecified atom stereocenters. The van der Waals surface area contributed by atoms with E-state index < -0.39 is 14.6 Å². The number of rotatable bonds is 4. The molecule has 0 aromatic carbocycles. The average molecular weight is 293 g/mol. The number of nitrogens with zero attached hydrogens (tertiary/aromatic N) is 2. The van der Waals surface area contributed by atoms with E-state index >= 15 is 0 Å². The van der Waals surface area contributed by atoms with E-state index in [0.717, 1.165) is 0 Å². The van der Waals surface area contributed by atoms with Crippen LogP contribution in [0.25, 0.3) is 0 Å². The molecule has 1 saturated heterocycles. The van der Waals surface area contributed by atoms with Crippen LogP contribution < -0.4 is 0 Å². The van der Waals surface area contributed by atoms with E-state index in [4.69, 9.17) is 10.7 Å². The number of halogens is 1. The molecule has 18 heavy (non-hydrogen) atoms. The van der Waals surface area contributed by atoms with E-state index in [-0.39, 0.29) is 36.5 Å². The Labute approximate surface area is 112 Å². The Morgan fingerprint density at radius 3 is 2.56 bits per heavy atom. The topological polar surface area (TPSA) is 78.2 Å². The number of carbonyl (C=O) groups excluding carboxylic acids is 1. The van der Waals surface area contributed by atoms with Crippen molar-refractivity contribution in [2.45, 2.75) is 32.7 Å². The fourth-order valence-corrected chi connectivity index (χ4v) is 3.45. The first-order valence-corrected chi connectivity index (χ1v) is 8.22. The second-order valence-electron chi connectivity index (χ2n) is 5.19. The molecule has 7 heteroatoms. The molecule has 5 nitrogen and oxygen atoms in total. The van der Waals surface area contributed by atoms with Gasteiger partial charge in [0.05, 0.1) is 11.8 Å². The summed E-state index contributed by atoms with van der Waals surface area (Å²) in [5, 5.41) is 9.26. The molecule has 1 fully saturated rings. The van der Waals surface area contributed by atoms with Gasteiger partial charge in [0.2, 0.25) is 15.0 Å². The second-order valence-corrected chi connectivity index (χ2v) is 8.02. The SMILES string of the molecule is CC(C)C(C)(C#N)N1CC(CS(=O)(=O)Cl)CC1=O. The summed E-state index contributed by atoms with van der Waals surface area (Å²) in [6.45, 7) is 5.70. The summed E-state index contributed by atoms with van der Waals surface area (Å²) in [6.07, 6.45) is 0.135. The highest BCUT2D eigenvalue weighted by Gasteiger charge is 2.44. The number of nitriles is 1. The molecular weight excluding hydrogens is 276 g/mol. The average Bonchev–Trinajstić information content (AvgIpc) is 2.55. The zero-order valence-corrected chi connectivity index (χ0v) is 12.3. The van der Waals surface area contributed by atoms with Crippen molar-refractivity contribution in [3.63, 3.8) is 0 Å². The first-order valence-electron chi connectivity index (χ1n) is 5.74. The van der Waals surface area contributed by atoms with E-state index in [2.05, 4.69) is 6.07 Å². The van der Waals surface area contributed by atoms with Crippen LogP contribution in [-0.2, 0) is 13.8 Å². The van der Waals surface area contributed by atoms with Gasteiger partial charge < -0.3 is 4.90 Å². The summed E-state index contributed by atoms with van der Waals surface area (Å²) in [5.74, 6) is -0.765. The molecule has 1 amide bonds. The minimum atomic E-state index is -3.62. The maximum atomic E-state index is 11.9. The van der Waals surface area contributed by atoms with Gasteiger partial charge in [-0.1, -0.05) is 13.8 Å². The molecular formula is C11H17ClN2O3S. The fraction of sp³-hybridized carbons (Fsp3) is 0.818. The molecule has 1 aliphatic heterocycles. The Morgan fingerprint density at radius 2 is 2.17 bits per heavy atom. The van der Waals surface area contributed by atoms with Crippen LogP contribution >= 0.6 is 10.7 Å². The van der Waals surface area contributed by atoms with Gasteiger partial charge in [0.25, 0.3) is 0 Å². The zero-order valence-electron chi connectivity index (χ0n) is 10.7. The Balaban J connectivity index is 2.89. The Bertz CT molecular complexity index is 483. The second kappa shape index (κ2) is 5.06. The van der Waals surface area contributed by atoms with Gasteiger partial charge in [-0.3, -0.25) is 4.79 Å². The molecule has 2 atom stereocenters. The van der Waals surface area contributed by atoms with Crippen molar-refractivity contribution in [2.24, 2.45) is 11.8 Å². The van der Waals surface area contributed by atoms with E-state index in [1.807, 2.05) is 13.8 Å². The third-order valence-electron chi connectivity index (χ3n) is 3.55. The molecule has 0 radical (unpaired) electrons. The lowest BCUT2D eigenvalue weighted by atomic mass is 9.88. The van der Waals surface area contributed by atoms with Gasteiger partial charge in [-0.15, -0.1) is 0 Å². The minimum absolute atomic E-state index is 0.0298. The normalized spacial score (nSPS) is 24.1. The number of amides is 1. The summed E-state index contributed by atoms with van der Waals surface area (Å²) in [6, 6.07) is 2.16. The zero-order chi connectivity index (χ0) is 14.1. The molecule has 0 aromatic rings. The molecule has 0 N–H and O–H groups in total. The lowest BCUT2D eigenvalue weighted by molar-refractivity contribution is -0.132. The Kier molecular flexibility index (Phi) is 4.29. The predicted octanol–water partition coefficient (Wildman–Crippen LogP) is 1.34.